The van der Waals surface area contributed by atoms with E-state index in [1.807, 2.05) is 19.9 Å². The molecule has 4 rings (SSSR count). The molecule has 3 amide bonds. The fourth-order valence-corrected chi connectivity index (χ4v) is 5.88. The zero-order chi connectivity index (χ0) is 28.5. The van der Waals surface area contributed by atoms with Crippen LogP contribution in [0.5, 0.6) is 0 Å². The average molecular weight is 548 g/mol. The number of carbonyl (C=O) groups is 3. The van der Waals surface area contributed by atoms with Gasteiger partial charge < -0.3 is 0 Å². The van der Waals surface area contributed by atoms with Crippen molar-refractivity contribution in [2.45, 2.75) is 76.9 Å². The number of hydrogen-bond acceptors (Lipinski definition) is 5. The van der Waals surface area contributed by atoms with Gasteiger partial charge in [-0.2, -0.15) is 18.3 Å². The highest BCUT2D eigenvalue weighted by Crippen LogP contribution is 2.43. The number of likely N-dealkylation sites (tertiary alicyclic amines) is 1. The molecule has 1 aliphatic carbocycles. The van der Waals surface area contributed by atoms with Crippen molar-refractivity contribution >= 4 is 23.5 Å². The van der Waals surface area contributed by atoms with Gasteiger partial charge in [0.2, 0.25) is 11.8 Å². The number of carbonyl (C=O) groups excluding carboxylic acids is 3. The minimum absolute atomic E-state index is 0.146. The second kappa shape index (κ2) is 11.5. The van der Waals surface area contributed by atoms with Gasteiger partial charge in [-0.3, -0.25) is 33.8 Å². The van der Waals surface area contributed by atoms with E-state index in [1.165, 1.54) is 22.8 Å². The summed E-state index contributed by atoms with van der Waals surface area (Å²) in [5, 5.41) is 4.07. The van der Waals surface area contributed by atoms with Crippen LogP contribution in [-0.2, 0) is 27.9 Å². The van der Waals surface area contributed by atoms with E-state index in [4.69, 9.17) is 0 Å². The lowest BCUT2D eigenvalue weighted by Gasteiger charge is -2.46. The van der Waals surface area contributed by atoms with E-state index in [0.29, 0.717) is 31.5 Å². The van der Waals surface area contributed by atoms with Crippen LogP contribution < -0.4 is 4.90 Å². The zero-order valence-corrected chi connectivity index (χ0v) is 22.8. The Morgan fingerprint density at radius 1 is 1.13 bits per heavy atom. The number of β-lactam (4-membered cyclic amide) rings is 1. The second-order valence-corrected chi connectivity index (χ2v) is 11.1. The minimum Gasteiger partial charge on any atom is -0.298 e. The summed E-state index contributed by atoms with van der Waals surface area (Å²) >= 11 is 0. The average Bonchev–Trinajstić information content (AvgIpc) is 3.33. The summed E-state index contributed by atoms with van der Waals surface area (Å²) in [6, 6.07) is 4.01. The van der Waals surface area contributed by atoms with Crippen molar-refractivity contribution in [3.8, 4) is 0 Å². The Morgan fingerprint density at radius 3 is 2.41 bits per heavy atom. The summed E-state index contributed by atoms with van der Waals surface area (Å²) in [6.45, 7) is 3.97. The molecule has 2 fully saturated rings. The molecule has 11 heteroatoms. The second-order valence-electron chi connectivity index (χ2n) is 11.1. The first-order chi connectivity index (χ1) is 18.4. The molecule has 0 N–H and O–H groups in total. The maximum Gasteiger partial charge on any atom is 0.392 e. The molecule has 0 spiro atoms. The van der Waals surface area contributed by atoms with E-state index in [-0.39, 0.29) is 12.3 Å². The van der Waals surface area contributed by atoms with E-state index in [0.717, 1.165) is 22.6 Å². The first-order valence-electron chi connectivity index (χ1n) is 13.5. The molecule has 2 aromatic rings. The maximum absolute atomic E-state index is 14.1. The Morgan fingerprint density at radius 2 is 1.82 bits per heavy atom. The molecular weight excluding hydrogens is 511 g/mol. The van der Waals surface area contributed by atoms with Crippen molar-refractivity contribution in [2.24, 2.45) is 24.8 Å². The molecule has 0 unspecified atom stereocenters. The van der Waals surface area contributed by atoms with Gasteiger partial charge in [0.15, 0.2) is 0 Å². The van der Waals surface area contributed by atoms with Crippen molar-refractivity contribution in [3.05, 3.63) is 41.9 Å². The third kappa shape index (κ3) is 6.01. The molecule has 0 aromatic carbocycles. The van der Waals surface area contributed by atoms with Crippen LogP contribution in [0.2, 0.25) is 0 Å². The van der Waals surface area contributed by atoms with Gasteiger partial charge in [0.25, 0.3) is 5.91 Å². The molecule has 1 saturated carbocycles. The first kappa shape index (κ1) is 28.8. The summed E-state index contributed by atoms with van der Waals surface area (Å²) < 4.78 is 43.7. The quantitative estimate of drug-likeness (QED) is 0.449. The van der Waals surface area contributed by atoms with Crippen LogP contribution in [0.1, 0.15) is 69.5 Å². The first-order valence-corrected chi connectivity index (χ1v) is 13.5. The number of amides is 3. The molecule has 3 heterocycles. The van der Waals surface area contributed by atoms with Crippen molar-refractivity contribution in [1.29, 1.82) is 0 Å². The molecule has 1 aliphatic heterocycles. The Balaban J connectivity index is 1.61. The summed E-state index contributed by atoms with van der Waals surface area (Å²) in [4.78, 5) is 46.8. The number of anilines is 1. The van der Waals surface area contributed by atoms with Crippen LogP contribution in [0.25, 0.3) is 0 Å². The highest BCUT2D eigenvalue weighted by atomic mass is 19.4. The topological polar surface area (TPSA) is 88.4 Å². The number of alkyl halides is 3. The number of halogens is 3. The van der Waals surface area contributed by atoms with Crippen LogP contribution in [0.15, 0.2) is 30.6 Å². The molecule has 0 bridgehead atoms. The SMILES string of the molecule is CC(C)c1cc(C[C@H]2C(=O)N(C(=O)C[C@@H](C3CCCCC3)C(F)(F)F)[C@@H]2C(=O)N(C)c2ccnn2C)ccn1. The summed E-state index contributed by atoms with van der Waals surface area (Å²) in [7, 11) is 3.15. The van der Waals surface area contributed by atoms with Crippen LogP contribution >= 0.6 is 0 Å². The number of hydrogen-bond donors (Lipinski definition) is 0. The van der Waals surface area contributed by atoms with Crippen LogP contribution in [-0.4, -0.2) is 56.7 Å². The summed E-state index contributed by atoms with van der Waals surface area (Å²) in [5.41, 5.74) is 1.60. The van der Waals surface area contributed by atoms with Gasteiger partial charge in [-0.25, -0.2) is 0 Å². The zero-order valence-electron chi connectivity index (χ0n) is 22.8. The molecule has 1 saturated heterocycles. The smallest absolute Gasteiger partial charge is 0.298 e. The molecule has 212 valence electrons. The maximum atomic E-state index is 14.1. The molecule has 8 nitrogen and oxygen atoms in total. The largest absolute Gasteiger partial charge is 0.392 e. The van der Waals surface area contributed by atoms with Gasteiger partial charge in [-0.1, -0.05) is 33.1 Å². The van der Waals surface area contributed by atoms with Gasteiger partial charge in [0, 0.05) is 38.5 Å². The highest BCUT2D eigenvalue weighted by molar-refractivity contribution is 6.12. The molecule has 0 radical (unpaired) electrons. The standard InChI is InChI=1S/C28H36F3N5O3/c1-17(2)22-15-18(10-12-32-22)14-20-25(27(39)34(3)23-11-13-33-35(23)4)36(26(20)38)24(37)16-21(28(29,30)31)19-8-6-5-7-9-19/h10-13,15,17,19-21,25H,5-9,14,16H2,1-4H3/t20-,21+,25+/m1/s1. The van der Waals surface area contributed by atoms with Gasteiger partial charge in [0.1, 0.15) is 11.9 Å². The minimum atomic E-state index is -4.57. The van der Waals surface area contributed by atoms with E-state index >= 15 is 0 Å². The van der Waals surface area contributed by atoms with E-state index in [2.05, 4.69) is 10.1 Å². The van der Waals surface area contributed by atoms with Gasteiger partial charge >= 0.3 is 6.18 Å². The number of pyridine rings is 1. The fraction of sp³-hybridized carbons (Fsp3) is 0.607. The Kier molecular flexibility index (Phi) is 8.46. The summed E-state index contributed by atoms with van der Waals surface area (Å²) in [6.07, 6.45) is 0.978. The molecule has 3 atom stereocenters. The lowest BCUT2D eigenvalue weighted by molar-refractivity contribution is -0.199. The third-order valence-electron chi connectivity index (χ3n) is 8.13. The van der Waals surface area contributed by atoms with Crippen molar-refractivity contribution in [1.82, 2.24) is 19.7 Å². The predicted molar refractivity (Wildman–Crippen MR) is 139 cm³/mol. The number of aromatic nitrogens is 3. The molecule has 39 heavy (non-hydrogen) atoms. The Labute approximate surface area is 226 Å². The van der Waals surface area contributed by atoms with Crippen LogP contribution in [0.4, 0.5) is 19.0 Å². The predicted octanol–water partition coefficient (Wildman–Crippen LogP) is 4.65. The summed E-state index contributed by atoms with van der Waals surface area (Å²) in [5.74, 6) is -4.90. The number of rotatable bonds is 8. The van der Waals surface area contributed by atoms with Crippen LogP contribution in [0, 0.1) is 17.8 Å². The van der Waals surface area contributed by atoms with Gasteiger partial charge in [-0.05, 0) is 48.8 Å². The molecule has 2 aliphatic rings. The molecule has 2 aromatic heterocycles. The lowest BCUT2D eigenvalue weighted by atomic mass is 9.76. The highest BCUT2D eigenvalue weighted by Gasteiger charge is 2.56. The fourth-order valence-electron chi connectivity index (χ4n) is 5.88. The number of imide groups is 1. The number of likely N-dealkylation sites (N-methyl/N-ethyl adjacent to an activating group) is 1. The van der Waals surface area contributed by atoms with Crippen molar-refractivity contribution in [2.75, 3.05) is 11.9 Å². The van der Waals surface area contributed by atoms with E-state index in [9.17, 15) is 27.6 Å². The molecular formula is C28H36F3N5O3. The Hall–Kier alpha value is -3.24. The van der Waals surface area contributed by atoms with Crippen molar-refractivity contribution < 1.29 is 27.6 Å². The van der Waals surface area contributed by atoms with Crippen molar-refractivity contribution in [3.63, 3.8) is 0 Å². The third-order valence-corrected chi connectivity index (χ3v) is 8.13. The normalized spacial score (nSPS) is 21.1. The van der Waals surface area contributed by atoms with Crippen LogP contribution in [0.3, 0.4) is 0 Å². The Bertz CT molecular complexity index is 1210. The van der Waals surface area contributed by atoms with E-state index < -0.39 is 54.1 Å². The number of nitrogens with zero attached hydrogens (tertiary/aromatic N) is 5. The van der Waals surface area contributed by atoms with E-state index in [1.54, 1.807) is 25.4 Å². The lowest BCUT2D eigenvalue weighted by Crippen LogP contribution is -2.69. The van der Waals surface area contributed by atoms with Gasteiger partial charge in [-0.15, -0.1) is 0 Å². The van der Waals surface area contributed by atoms with Gasteiger partial charge in [0.05, 0.1) is 18.0 Å². The number of aryl methyl sites for hydroxylation is 1. The monoisotopic (exact) mass is 547 g/mol.